The molecule has 0 atom stereocenters. The van der Waals surface area contributed by atoms with E-state index in [-0.39, 0.29) is 20.4 Å². The predicted molar refractivity (Wildman–Crippen MR) is 78.3 cm³/mol. The first-order valence-corrected chi connectivity index (χ1v) is 8.58. The summed E-state index contributed by atoms with van der Waals surface area (Å²) in [6.45, 7) is 2.28. The minimum atomic E-state index is -0.0276. The van der Waals surface area contributed by atoms with Gasteiger partial charge in [0.2, 0.25) is 0 Å². The van der Waals surface area contributed by atoms with Crippen LogP contribution in [0.25, 0.3) is 10.8 Å². The van der Waals surface area contributed by atoms with Crippen molar-refractivity contribution in [1.82, 2.24) is 0 Å². The van der Waals surface area contributed by atoms with E-state index >= 15 is 0 Å². The van der Waals surface area contributed by atoms with Crippen LogP contribution in [0.5, 0.6) is 0 Å². The molecule has 0 spiro atoms. The first-order valence-electron chi connectivity index (χ1n) is 6.88. The summed E-state index contributed by atoms with van der Waals surface area (Å²) >= 11 is -0.0276. The summed E-state index contributed by atoms with van der Waals surface area (Å²) in [5.74, 6) is 0. The zero-order chi connectivity index (χ0) is 11.9. The van der Waals surface area contributed by atoms with E-state index in [1.54, 1.807) is 3.69 Å². The largest absolute Gasteiger partial charge is 0.408 e. The number of hydrogen-bond acceptors (Lipinski definition) is 0. The highest BCUT2D eigenvalue weighted by atomic mass is 24.5. The molecule has 17 heavy (non-hydrogen) atoms. The number of unbranched alkanes of at least 4 members (excludes halogenated alkanes) is 3. The molecule has 0 saturated heterocycles. The second-order valence-corrected chi connectivity index (χ2v) is 6.87. The molecule has 0 heterocycles. The molecule has 0 aliphatic heterocycles. The summed E-state index contributed by atoms with van der Waals surface area (Å²) < 4.78 is 3.10. The molecule has 1 heteroatoms. The van der Waals surface area contributed by atoms with Crippen LogP contribution < -0.4 is 3.69 Å². The highest BCUT2D eigenvalue weighted by molar-refractivity contribution is 6.53. The van der Waals surface area contributed by atoms with Crippen LogP contribution in [0.3, 0.4) is 0 Å². The first-order chi connectivity index (χ1) is 8.40. The van der Waals surface area contributed by atoms with Gasteiger partial charge in [-0.25, -0.2) is 0 Å². The molecule has 0 unspecified atom stereocenters. The molecule has 0 bridgehead atoms. The molecule has 2 aromatic rings. The van der Waals surface area contributed by atoms with Gasteiger partial charge >= 0.3 is 20.4 Å². The summed E-state index contributed by atoms with van der Waals surface area (Å²) in [4.78, 5) is 0. The Morgan fingerprint density at radius 2 is 1.71 bits per heavy atom. The van der Waals surface area contributed by atoms with Crippen molar-refractivity contribution in [3.8, 4) is 0 Å². The highest BCUT2D eigenvalue weighted by Gasteiger charge is 2.00. The molecular formula is C16H20Mg. The topological polar surface area (TPSA) is 0 Å². The molecule has 0 saturated carbocycles. The lowest BCUT2D eigenvalue weighted by Crippen LogP contribution is -2.12. The van der Waals surface area contributed by atoms with Crippen LogP contribution in [0.1, 0.15) is 32.6 Å². The maximum absolute atomic E-state index is 2.40. The molecule has 0 aliphatic carbocycles. The molecule has 0 radical (unpaired) electrons. The van der Waals surface area contributed by atoms with Crippen LogP contribution in [0.2, 0.25) is 4.55 Å². The average Bonchev–Trinajstić information content (AvgIpc) is 2.38. The molecule has 0 amide bonds. The summed E-state index contributed by atoms with van der Waals surface area (Å²) in [5.41, 5.74) is 0. The number of benzene rings is 2. The summed E-state index contributed by atoms with van der Waals surface area (Å²) in [6, 6.07) is 15.7. The van der Waals surface area contributed by atoms with Gasteiger partial charge in [-0.15, -0.1) is 4.55 Å². The first kappa shape index (κ1) is 12.9. The van der Waals surface area contributed by atoms with E-state index in [2.05, 4.69) is 49.4 Å². The monoisotopic (exact) mass is 236 g/mol. The van der Waals surface area contributed by atoms with Gasteiger partial charge in [0, 0.05) is 0 Å². The Kier molecular flexibility index (Phi) is 5.33. The van der Waals surface area contributed by atoms with Crippen LogP contribution in [-0.4, -0.2) is 20.4 Å². The van der Waals surface area contributed by atoms with E-state index in [1.165, 1.54) is 41.0 Å². The van der Waals surface area contributed by atoms with Crippen molar-refractivity contribution in [2.24, 2.45) is 0 Å². The molecule has 0 fully saturated rings. The van der Waals surface area contributed by atoms with Crippen molar-refractivity contribution in [1.29, 1.82) is 0 Å². The van der Waals surface area contributed by atoms with E-state index in [0.717, 1.165) is 0 Å². The van der Waals surface area contributed by atoms with E-state index in [1.807, 2.05) is 0 Å². The Morgan fingerprint density at radius 3 is 2.53 bits per heavy atom. The molecule has 0 aromatic heterocycles. The third-order valence-electron chi connectivity index (χ3n) is 3.38. The van der Waals surface area contributed by atoms with Crippen molar-refractivity contribution >= 4 is 34.8 Å². The van der Waals surface area contributed by atoms with Crippen LogP contribution in [0, 0.1) is 0 Å². The zero-order valence-electron chi connectivity index (χ0n) is 10.8. The molecule has 0 N–H and O–H groups in total. The van der Waals surface area contributed by atoms with Gasteiger partial charge < -0.3 is 0 Å². The van der Waals surface area contributed by atoms with E-state index in [0.29, 0.717) is 0 Å². The second kappa shape index (κ2) is 7.02. The summed E-state index contributed by atoms with van der Waals surface area (Å²) in [7, 11) is 0. The van der Waals surface area contributed by atoms with Crippen LogP contribution in [0.4, 0.5) is 0 Å². The molecule has 0 aliphatic rings. The Hall–Kier alpha value is -0.534. The number of hydrogen-bond donors (Lipinski definition) is 0. The lowest BCUT2D eigenvalue weighted by atomic mass is 10.1. The minimum absolute atomic E-state index is 0.0276. The van der Waals surface area contributed by atoms with Crippen molar-refractivity contribution in [3.63, 3.8) is 0 Å². The van der Waals surface area contributed by atoms with E-state index in [4.69, 9.17) is 0 Å². The SMILES string of the molecule is CCCCC[CH2][Mg][c]1ccc2ccccc2c1. The highest BCUT2D eigenvalue weighted by Crippen LogP contribution is 2.11. The maximum atomic E-state index is 2.40. The van der Waals surface area contributed by atoms with Crippen molar-refractivity contribution in [2.75, 3.05) is 0 Å². The molecule has 86 valence electrons. The normalized spacial score (nSPS) is 10.4. The maximum Gasteiger partial charge on any atom is 0.408 e. The second-order valence-electron chi connectivity index (χ2n) is 4.85. The van der Waals surface area contributed by atoms with Gasteiger partial charge in [0.05, 0.1) is 0 Å². The summed E-state index contributed by atoms with van der Waals surface area (Å²) in [5, 5.41) is 2.78. The van der Waals surface area contributed by atoms with Crippen molar-refractivity contribution in [3.05, 3.63) is 42.5 Å². The van der Waals surface area contributed by atoms with Gasteiger partial charge in [0.1, 0.15) is 0 Å². The van der Waals surface area contributed by atoms with Gasteiger partial charge in [0.15, 0.2) is 0 Å². The number of fused-ring (bicyclic) bond motifs is 1. The van der Waals surface area contributed by atoms with Gasteiger partial charge in [-0.3, -0.25) is 0 Å². The molecule has 0 nitrogen and oxygen atoms in total. The number of rotatable bonds is 6. The Bertz CT molecular complexity index is 462. The van der Waals surface area contributed by atoms with Gasteiger partial charge in [-0.2, -0.15) is 3.69 Å². The standard InChI is InChI=1S/C10H7.C6H13.Mg/c1-2-6-10-8-4-3-7-9(10)5-1;1-3-5-6-4-2;/h1-3,5-8H;1,3-6H2,2H3;. The van der Waals surface area contributed by atoms with Crippen LogP contribution >= 0.6 is 0 Å². The molecule has 2 aromatic carbocycles. The smallest absolute Gasteiger partial charge is 0.173 e. The van der Waals surface area contributed by atoms with Gasteiger partial charge in [-0.1, -0.05) is 75.1 Å². The van der Waals surface area contributed by atoms with Crippen molar-refractivity contribution in [2.45, 2.75) is 37.2 Å². The van der Waals surface area contributed by atoms with Gasteiger partial charge in [0.25, 0.3) is 0 Å². The fourth-order valence-corrected chi connectivity index (χ4v) is 3.99. The predicted octanol–water partition coefficient (Wildman–Crippen LogP) is 4.17. The third kappa shape index (κ3) is 4.00. The fourth-order valence-electron chi connectivity index (χ4n) is 2.33. The minimum Gasteiger partial charge on any atom is -0.173 e. The fraction of sp³-hybridized carbons (Fsp3) is 0.375. The molecular weight excluding hydrogens is 216 g/mol. The lowest BCUT2D eigenvalue weighted by molar-refractivity contribution is 0.701. The third-order valence-corrected chi connectivity index (χ3v) is 5.25. The van der Waals surface area contributed by atoms with E-state index < -0.39 is 0 Å². The average molecular weight is 237 g/mol. The van der Waals surface area contributed by atoms with Crippen LogP contribution in [-0.2, 0) is 0 Å². The van der Waals surface area contributed by atoms with E-state index in [9.17, 15) is 0 Å². The Balaban J connectivity index is 1.90. The van der Waals surface area contributed by atoms with Gasteiger partial charge in [-0.05, 0) is 10.8 Å². The Labute approximate surface area is 114 Å². The Morgan fingerprint density at radius 1 is 0.882 bits per heavy atom. The summed E-state index contributed by atoms with van der Waals surface area (Å²) in [6.07, 6.45) is 5.62. The van der Waals surface area contributed by atoms with Crippen LogP contribution in [0.15, 0.2) is 42.5 Å². The zero-order valence-corrected chi connectivity index (χ0v) is 12.2. The quantitative estimate of drug-likeness (QED) is 0.522. The molecule has 2 rings (SSSR count). The van der Waals surface area contributed by atoms with Crippen molar-refractivity contribution < 1.29 is 0 Å². The lowest BCUT2D eigenvalue weighted by Gasteiger charge is -2.03.